The van der Waals surface area contributed by atoms with E-state index in [1.54, 1.807) is 24.3 Å². The number of aryl methyl sites for hydroxylation is 2. The van der Waals surface area contributed by atoms with Crippen molar-refractivity contribution in [2.24, 2.45) is 0 Å². The summed E-state index contributed by atoms with van der Waals surface area (Å²) in [4.78, 5) is 19.0. The quantitative estimate of drug-likeness (QED) is 0.0940. The highest BCUT2D eigenvalue weighted by Crippen LogP contribution is 2.42. The van der Waals surface area contributed by atoms with Gasteiger partial charge in [-0.1, -0.05) is 106 Å². The van der Waals surface area contributed by atoms with Crippen molar-refractivity contribution < 1.29 is 18.9 Å². The molecule has 1 atom stereocenters. The van der Waals surface area contributed by atoms with Crippen molar-refractivity contribution in [3.63, 3.8) is 0 Å². The van der Waals surface area contributed by atoms with Crippen molar-refractivity contribution in [3.05, 3.63) is 194 Å². The highest BCUT2D eigenvalue weighted by molar-refractivity contribution is 5.94. The summed E-state index contributed by atoms with van der Waals surface area (Å²) in [5.41, 5.74) is 16.1. The summed E-state index contributed by atoms with van der Waals surface area (Å²) in [6, 6.07) is 37.4. The van der Waals surface area contributed by atoms with Crippen LogP contribution in [0.3, 0.4) is 0 Å². The second-order valence-electron chi connectivity index (χ2n) is 16.1. The second kappa shape index (κ2) is 19.3. The molecule has 8 heteroatoms. The number of aromatic nitrogens is 4. The number of nitrogens with one attached hydrogen (secondary N) is 2. The molecule has 0 aliphatic carbocycles. The van der Waals surface area contributed by atoms with Crippen LogP contribution in [0, 0.1) is 0 Å². The minimum absolute atomic E-state index is 0.111. The lowest BCUT2D eigenvalue weighted by Gasteiger charge is -2.12. The zero-order valence-corrected chi connectivity index (χ0v) is 36.7. The molecule has 8 nitrogen and oxygen atoms in total. The van der Waals surface area contributed by atoms with Gasteiger partial charge in [0.05, 0.1) is 22.8 Å². The number of fused-ring (bicyclic) bond motifs is 8. The van der Waals surface area contributed by atoms with Crippen molar-refractivity contribution in [1.82, 2.24) is 19.9 Å². The van der Waals surface area contributed by atoms with Gasteiger partial charge >= 0.3 is 0 Å². The van der Waals surface area contributed by atoms with E-state index in [4.69, 9.17) is 28.9 Å². The second-order valence-corrected chi connectivity index (χ2v) is 16.1. The van der Waals surface area contributed by atoms with Gasteiger partial charge in [0.2, 0.25) is 0 Å². The Morgan fingerprint density at radius 2 is 0.862 bits per heavy atom. The predicted molar refractivity (Wildman–Crippen MR) is 265 cm³/mol. The van der Waals surface area contributed by atoms with E-state index in [1.807, 2.05) is 48.5 Å². The normalized spacial score (nSPS) is 13.4. The monoisotopic (exact) mass is 856 g/mol. The van der Waals surface area contributed by atoms with Gasteiger partial charge in [0.1, 0.15) is 49.4 Å². The van der Waals surface area contributed by atoms with Crippen molar-refractivity contribution >= 4 is 23.2 Å². The lowest BCUT2D eigenvalue weighted by atomic mass is 9.93. The average Bonchev–Trinajstić information content (AvgIpc) is 4.18. The number of ether oxygens (including phenoxy) is 4. The fourth-order valence-corrected chi connectivity index (χ4v) is 8.77. The van der Waals surface area contributed by atoms with E-state index < -0.39 is 0 Å². The van der Waals surface area contributed by atoms with Crippen LogP contribution in [0.5, 0.6) is 23.0 Å². The third kappa shape index (κ3) is 9.02. The first-order valence-electron chi connectivity index (χ1n) is 22.1. The van der Waals surface area contributed by atoms with Gasteiger partial charge in [-0.3, -0.25) is 4.98 Å². The van der Waals surface area contributed by atoms with E-state index in [1.165, 1.54) is 0 Å². The predicted octanol–water partition coefficient (Wildman–Crippen LogP) is 13.3. The molecule has 0 spiro atoms. The first kappa shape index (κ1) is 42.5. The van der Waals surface area contributed by atoms with Crippen molar-refractivity contribution in [2.75, 3.05) is 26.4 Å². The van der Waals surface area contributed by atoms with Gasteiger partial charge in [0, 0.05) is 50.6 Å². The lowest BCUT2D eigenvalue weighted by molar-refractivity contribution is 0.363. The van der Waals surface area contributed by atoms with E-state index in [2.05, 4.69) is 116 Å². The van der Waals surface area contributed by atoms with Crippen LogP contribution in [0.25, 0.3) is 67.7 Å². The van der Waals surface area contributed by atoms with Gasteiger partial charge in [0.15, 0.2) is 0 Å². The molecule has 0 fully saturated rings. The summed E-state index contributed by atoms with van der Waals surface area (Å²) in [5, 5.41) is 0. The average molecular weight is 857 g/mol. The molecule has 0 radical (unpaired) electrons. The van der Waals surface area contributed by atoms with Crippen LogP contribution in [-0.4, -0.2) is 46.4 Å². The summed E-state index contributed by atoms with van der Waals surface area (Å²) < 4.78 is 23.6. The number of aromatic amines is 2. The molecule has 0 amide bonds. The number of hydrogen-bond acceptors (Lipinski definition) is 6. The van der Waals surface area contributed by atoms with Gasteiger partial charge in [-0.05, 0) is 114 Å². The van der Waals surface area contributed by atoms with E-state index in [-0.39, 0.29) is 5.92 Å². The molecule has 4 aromatic carbocycles. The molecule has 9 rings (SSSR count). The van der Waals surface area contributed by atoms with Crippen molar-refractivity contribution in [2.45, 2.75) is 32.1 Å². The molecule has 2 N–H and O–H groups in total. The molecule has 1 unspecified atom stereocenters. The van der Waals surface area contributed by atoms with Crippen molar-refractivity contribution in [1.29, 1.82) is 0 Å². The van der Waals surface area contributed by atoms with Gasteiger partial charge < -0.3 is 28.9 Å². The Bertz CT molecular complexity index is 2970. The fourth-order valence-electron chi connectivity index (χ4n) is 8.77. The highest BCUT2D eigenvalue weighted by atomic mass is 16.5. The zero-order valence-electron chi connectivity index (χ0n) is 36.7. The smallest absolute Gasteiger partial charge is 0.119 e. The standard InChI is InChI=1S/C57H52N4O4/c1-6-32-62-42-18-10-38(11-19-42)53-46-26-27-47(58-46)54(39-12-20-43(21-13-39)63-33-7-2)49-30-31-51(60-49)56(41-16-24-45(25-17-41)65-35-9-4)57-37(5)36-52(61-57)55(50-29-28-48(53)59-50)40-14-22-44(23-15-40)64-34-8-3/h6-29,37,59-60H,1-4,30-36H2,5H3. The minimum Gasteiger partial charge on any atom is -0.490 e. The van der Waals surface area contributed by atoms with Crippen LogP contribution < -0.4 is 18.9 Å². The Labute approximate surface area is 380 Å². The lowest BCUT2D eigenvalue weighted by Crippen LogP contribution is -1.98. The third-order valence-corrected chi connectivity index (χ3v) is 11.7. The minimum atomic E-state index is 0.111. The molecule has 6 aromatic rings. The molecular formula is C57H52N4O4. The summed E-state index contributed by atoms with van der Waals surface area (Å²) in [5.74, 6) is 3.22. The molecule has 2 aromatic heterocycles. The topological polar surface area (TPSA) is 94.3 Å². The van der Waals surface area contributed by atoms with Crippen LogP contribution >= 0.6 is 0 Å². The summed E-state index contributed by atoms with van der Waals surface area (Å²) in [6.07, 6.45) is 13.6. The first-order valence-corrected chi connectivity index (χ1v) is 22.1. The maximum Gasteiger partial charge on any atom is 0.119 e. The van der Waals surface area contributed by atoms with Gasteiger partial charge in [-0.25, -0.2) is 4.98 Å². The van der Waals surface area contributed by atoms with Crippen LogP contribution in [0.4, 0.5) is 0 Å². The highest BCUT2D eigenvalue weighted by Gasteiger charge is 2.27. The molecule has 0 saturated heterocycles. The molecule has 5 heterocycles. The van der Waals surface area contributed by atoms with Crippen molar-refractivity contribution in [3.8, 4) is 67.5 Å². The van der Waals surface area contributed by atoms with Crippen LogP contribution in [0.1, 0.15) is 47.0 Å². The maximum absolute atomic E-state index is 5.93. The first-order chi connectivity index (χ1) is 31.9. The van der Waals surface area contributed by atoms with Crippen LogP contribution in [0.2, 0.25) is 0 Å². The van der Waals surface area contributed by atoms with Gasteiger partial charge in [0.25, 0.3) is 0 Å². The number of H-pyrrole nitrogens is 2. The van der Waals surface area contributed by atoms with E-state index in [0.717, 1.165) is 132 Å². The van der Waals surface area contributed by atoms with E-state index in [9.17, 15) is 0 Å². The largest absolute Gasteiger partial charge is 0.490 e. The Hall–Kier alpha value is -7.84. The Balaban J connectivity index is 1.37. The number of nitrogens with zero attached hydrogens (tertiary/aromatic N) is 2. The molecule has 324 valence electrons. The molecule has 65 heavy (non-hydrogen) atoms. The zero-order chi connectivity index (χ0) is 44.7. The fraction of sp³-hybridized carbons (Fsp3) is 0.158. The van der Waals surface area contributed by atoms with Crippen LogP contribution in [-0.2, 0) is 19.3 Å². The Morgan fingerprint density at radius 3 is 1.32 bits per heavy atom. The molecule has 0 saturated carbocycles. The Kier molecular flexibility index (Phi) is 12.6. The molecule has 3 aliphatic rings. The summed E-state index contributed by atoms with van der Waals surface area (Å²) in [7, 11) is 0. The maximum atomic E-state index is 5.93. The number of benzene rings is 4. The van der Waals surface area contributed by atoms with Gasteiger partial charge in [-0.15, -0.1) is 0 Å². The number of hydrogen-bond donors (Lipinski definition) is 2. The summed E-state index contributed by atoms with van der Waals surface area (Å²) >= 11 is 0. The summed E-state index contributed by atoms with van der Waals surface area (Å²) in [6.45, 7) is 19.3. The van der Waals surface area contributed by atoms with E-state index >= 15 is 0 Å². The molecule has 3 aliphatic heterocycles. The molecule has 8 bridgehead atoms. The molecular weight excluding hydrogens is 805 g/mol. The number of rotatable bonds is 16. The third-order valence-electron chi connectivity index (χ3n) is 11.7. The van der Waals surface area contributed by atoms with Crippen LogP contribution in [0.15, 0.2) is 160 Å². The van der Waals surface area contributed by atoms with Gasteiger partial charge in [-0.2, -0.15) is 0 Å². The SMILES string of the molecule is C=CCOc1ccc(-c2c3nc(c(-c4ccc(OCC=C)cc4)c4ccc([nH]4)c(-c4ccc(OCC=C)cc4)c4nc(c(-c5ccc(OCC=C)cc5)c5[nH]c2CC5)C(C)C4)C=C3)cc1. The van der Waals surface area contributed by atoms with E-state index in [0.29, 0.717) is 26.4 Å². The Morgan fingerprint density at radius 1 is 0.477 bits per heavy atom.